The van der Waals surface area contributed by atoms with Gasteiger partial charge in [-0.25, -0.2) is 14.2 Å². The van der Waals surface area contributed by atoms with Crippen molar-refractivity contribution >= 4 is 33.2 Å². The smallest absolute Gasteiger partial charge is 0.358 e. The molecule has 0 atom stereocenters. The fraction of sp³-hybridized carbons (Fsp3) is 0.0909. The van der Waals surface area contributed by atoms with E-state index in [1.807, 2.05) is 0 Å². The van der Waals surface area contributed by atoms with E-state index in [1.54, 1.807) is 12.1 Å². The first-order chi connectivity index (χ1) is 8.11. The maximum Gasteiger partial charge on any atom is 0.358 e. The number of aromatic nitrogens is 1. The van der Waals surface area contributed by atoms with Crippen molar-refractivity contribution in [1.82, 2.24) is 4.98 Å². The first kappa shape index (κ1) is 12.2. The van der Waals surface area contributed by atoms with Gasteiger partial charge in [0.25, 0.3) is 0 Å². The van der Waals surface area contributed by atoms with Gasteiger partial charge in [0.2, 0.25) is 0 Å². The highest BCUT2D eigenvalue weighted by atomic mass is 79.9. The minimum Gasteiger partial charge on any atom is -0.464 e. The van der Waals surface area contributed by atoms with Gasteiger partial charge < -0.3 is 4.74 Å². The molecule has 88 valence electrons. The zero-order chi connectivity index (χ0) is 12.4. The molecule has 0 fully saturated rings. The minimum atomic E-state index is -0.536. The Labute approximate surface area is 109 Å². The van der Waals surface area contributed by atoms with E-state index >= 15 is 0 Å². The van der Waals surface area contributed by atoms with Gasteiger partial charge in [0, 0.05) is 0 Å². The summed E-state index contributed by atoms with van der Waals surface area (Å²) in [6, 6.07) is 6.00. The Bertz CT molecular complexity index is 570. The lowest BCUT2D eigenvalue weighted by Gasteiger charge is -2.00. The fourth-order valence-electron chi connectivity index (χ4n) is 1.35. The molecule has 0 N–H and O–H groups in total. The summed E-state index contributed by atoms with van der Waals surface area (Å²) in [4.78, 5) is 16.1. The van der Waals surface area contributed by atoms with Gasteiger partial charge in [-0.2, -0.15) is 0 Å². The second-order valence-corrected chi connectivity index (χ2v) is 5.42. The van der Waals surface area contributed by atoms with Crippen LogP contribution in [0, 0.1) is 5.82 Å². The van der Waals surface area contributed by atoms with Crippen LogP contribution in [-0.4, -0.2) is 18.1 Å². The van der Waals surface area contributed by atoms with E-state index in [0.717, 1.165) is 0 Å². The Morgan fingerprint density at radius 2 is 2.29 bits per heavy atom. The van der Waals surface area contributed by atoms with Gasteiger partial charge in [0.15, 0.2) is 9.61 Å². The summed E-state index contributed by atoms with van der Waals surface area (Å²) in [6.45, 7) is 0. The van der Waals surface area contributed by atoms with Crippen molar-refractivity contribution < 1.29 is 13.9 Å². The van der Waals surface area contributed by atoms with Crippen molar-refractivity contribution in [3.05, 3.63) is 39.7 Å². The monoisotopic (exact) mass is 315 g/mol. The van der Waals surface area contributed by atoms with Gasteiger partial charge in [-0.1, -0.05) is 12.1 Å². The standard InChI is InChI=1S/C11H7BrFNO2S/c1-16-10(15)8-9(17-11(12)14-8)6-3-2-4-7(13)5-6/h2-5H,1H3. The molecule has 0 radical (unpaired) electrons. The number of rotatable bonds is 2. The topological polar surface area (TPSA) is 39.2 Å². The third-order valence-corrected chi connectivity index (χ3v) is 3.62. The summed E-state index contributed by atoms with van der Waals surface area (Å²) in [5.41, 5.74) is 0.795. The van der Waals surface area contributed by atoms with Crippen LogP contribution in [0.25, 0.3) is 10.4 Å². The van der Waals surface area contributed by atoms with Crippen LogP contribution >= 0.6 is 27.3 Å². The molecule has 0 saturated carbocycles. The normalized spacial score (nSPS) is 10.3. The van der Waals surface area contributed by atoms with Crippen molar-refractivity contribution in [2.24, 2.45) is 0 Å². The van der Waals surface area contributed by atoms with Gasteiger partial charge >= 0.3 is 5.97 Å². The predicted molar refractivity (Wildman–Crippen MR) is 66.5 cm³/mol. The summed E-state index contributed by atoms with van der Waals surface area (Å²) in [5.74, 6) is -0.894. The number of hydrogen-bond acceptors (Lipinski definition) is 4. The second kappa shape index (κ2) is 4.93. The Hall–Kier alpha value is -1.27. The summed E-state index contributed by atoms with van der Waals surface area (Å²) >= 11 is 4.46. The van der Waals surface area contributed by atoms with Crippen LogP contribution < -0.4 is 0 Å². The van der Waals surface area contributed by atoms with Crippen molar-refractivity contribution in [1.29, 1.82) is 0 Å². The van der Waals surface area contributed by atoms with Gasteiger partial charge in [-0.3, -0.25) is 0 Å². The number of hydrogen-bond donors (Lipinski definition) is 0. The number of ether oxygens (including phenoxy) is 1. The highest BCUT2D eigenvalue weighted by molar-refractivity contribution is 9.11. The SMILES string of the molecule is COC(=O)c1nc(Br)sc1-c1cccc(F)c1. The average molecular weight is 316 g/mol. The minimum absolute atomic E-state index is 0.190. The van der Waals surface area contributed by atoms with Gasteiger partial charge in [-0.05, 0) is 33.6 Å². The number of benzene rings is 1. The Morgan fingerprint density at radius 3 is 2.94 bits per heavy atom. The van der Waals surface area contributed by atoms with Crippen LogP contribution in [0.5, 0.6) is 0 Å². The zero-order valence-electron chi connectivity index (χ0n) is 8.74. The molecule has 3 nitrogen and oxygen atoms in total. The van der Waals surface area contributed by atoms with Crippen molar-refractivity contribution in [3.63, 3.8) is 0 Å². The lowest BCUT2D eigenvalue weighted by molar-refractivity contribution is 0.0595. The molecular weight excluding hydrogens is 309 g/mol. The highest BCUT2D eigenvalue weighted by Crippen LogP contribution is 2.33. The van der Waals surface area contributed by atoms with E-state index in [1.165, 1.54) is 30.6 Å². The molecule has 0 saturated heterocycles. The zero-order valence-corrected chi connectivity index (χ0v) is 11.1. The first-order valence-corrected chi connectivity index (χ1v) is 6.23. The second-order valence-electron chi connectivity index (χ2n) is 3.15. The molecule has 0 aliphatic carbocycles. The average Bonchev–Trinajstić information content (AvgIpc) is 2.70. The molecule has 17 heavy (non-hydrogen) atoms. The quantitative estimate of drug-likeness (QED) is 0.796. The number of thiazole rings is 1. The molecule has 0 amide bonds. The molecular formula is C11H7BrFNO2S. The Balaban J connectivity index is 2.55. The number of methoxy groups -OCH3 is 1. The van der Waals surface area contributed by atoms with Gasteiger partial charge in [0.05, 0.1) is 12.0 Å². The molecule has 1 heterocycles. The molecule has 0 bridgehead atoms. The van der Waals surface area contributed by atoms with Crippen molar-refractivity contribution in [3.8, 4) is 10.4 Å². The molecule has 2 rings (SSSR count). The molecule has 0 spiro atoms. The molecule has 6 heteroatoms. The Morgan fingerprint density at radius 1 is 1.53 bits per heavy atom. The van der Waals surface area contributed by atoms with Crippen LogP contribution in [0.15, 0.2) is 28.2 Å². The van der Waals surface area contributed by atoms with Gasteiger partial charge in [0.1, 0.15) is 5.82 Å². The molecule has 0 aliphatic rings. The van der Waals surface area contributed by atoms with E-state index in [2.05, 4.69) is 25.7 Å². The number of halogens is 2. The largest absolute Gasteiger partial charge is 0.464 e. The maximum atomic E-state index is 13.1. The number of nitrogens with zero attached hydrogens (tertiary/aromatic N) is 1. The first-order valence-electron chi connectivity index (χ1n) is 4.62. The summed E-state index contributed by atoms with van der Waals surface area (Å²) in [6.07, 6.45) is 0. The van der Waals surface area contributed by atoms with Crippen LogP contribution in [0.2, 0.25) is 0 Å². The van der Waals surface area contributed by atoms with Crippen LogP contribution in [0.3, 0.4) is 0 Å². The lowest BCUT2D eigenvalue weighted by atomic mass is 10.1. The van der Waals surface area contributed by atoms with Crippen LogP contribution in [0.4, 0.5) is 4.39 Å². The Kier molecular flexibility index (Phi) is 3.54. The summed E-state index contributed by atoms with van der Waals surface area (Å²) < 4.78 is 18.3. The summed E-state index contributed by atoms with van der Waals surface area (Å²) in [5, 5.41) is 0. The highest BCUT2D eigenvalue weighted by Gasteiger charge is 2.19. The number of carbonyl (C=O) groups is 1. The third kappa shape index (κ3) is 2.53. The molecule has 1 aromatic carbocycles. The third-order valence-electron chi connectivity index (χ3n) is 2.07. The fourth-order valence-corrected chi connectivity index (χ4v) is 2.79. The van der Waals surface area contributed by atoms with E-state index in [9.17, 15) is 9.18 Å². The molecule has 0 unspecified atom stereocenters. The van der Waals surface area contributed by atoms with Crippen LogP contribution in [0.1, 0.15) is 10.5 Å². The molecule has 0 aliphatic heterocycles. The predicted octanol–water partition coefficient (Wildman–Crippen LogP) is 3.50. The van der Waals surface area contributed by atoms with Crippen molar-refractivity contribution in [2.75, 3.05) is 7.11 Å². The van der Waals surface area contributed by atoms with E-state index in [4.69, 9.17) is 0 Å². The van der Waals surface area contributed by atoms with E-state index < -0.39 is 5.97 Å². The van der Waals surface area contributed by atoms with Gasteiger partial charge in [-0.15, -0.1) is 11.3 Å². The van der Waals surface area contributed by atoms with E-state index in [-0.39, 0.29) is 11.5 Å². The lowest BCUT2D eigenvalue weighted by Crippen LogP contribution is -2.03. The number of esters is 1. The molecule has 1 aromatic heterocycles. The van der Waals surface area contributed by atoms with Crippen molar-refractivity contribution in [2.45, 2.75) is 0 Å². The summed E-state index contributed by atoms with van der Waals surface area (Å²) in [7, 11) is 1.28. The van der Waals surface area contributed by atoms with Crippen LogP contribution in [-0.2, 0) is 4.74 Å². The number of carbonyl (C=O) groups excluding carboxylic acids is 1. The van der Waals surface area contributed by atoms with E-state index in [0.29, 0.717) is 14.4 Å². The molecule has 2 aromatic rings. The maximum absolute atomic E-state index is 13.1.